The van der Waals surface area contributed by atoms with Gasteiger partial charge in [-0.25, -0.2) is 0 Å². The van der Waals surface area contributed by atoms with Crippen LogP contribution >= 0.6 is 23.6 Å². The Morgan fingerprint density at radius 3 is 2.10 bits per heavy atom. The van der Waals surface area contributed by atoms with Crippen LogP contribution < -0.4 is 5.73 Å². The minimum absolute atomic E-state index is 0.0330. The quantitative estimate of drug-likeness (QED) is 0.646. The fraction of sp³-hybridized carbons (Fsp3) is 0.500. The molecule has 0 aliphatic heterocycles. The SMILES string of the molecule is NC(=O)CCC(=O)N(Cl)Cl. The molecule has 0 aromatic rings. The molecule has 0 aliphatic rings. The van der Waals surface area contributed by atoms with Gasteiger partial charge in [0.2, 0.25) is 5.91 Å². The first kappa shape index (κ1) is 9.52. The van der Waals surface area contributed by atoms with E-state index in [1.165, 1.54) is 0 Å². The Balaban J connectivity index is 3.50. The van der Waals surface area contributed by atoms with Gasteiger partial charge in [0.05, 0.1) is 0 Å². The summed E-state index contributed by atoms with van der Waals surface area (Å²) in [6.45, 7) is 0. The van der Waals surface area contributed by atoms with Crippen LogP contribution in [0.15, 0.2) is 0 Å². The predicted molar refractivity (Wildman–Crippen MR) is 37.0 cm³/mol. The second-order valence-corrected chi connectivity index (χ2v) is 2.44. The number of carbonyl (C=O) groups excluding carboxylic acids is 2. The summed E-state index contributed by atoms with van der Waals surface area (Å²) in [5.41, 5.74) is 4.75. The third-order valence-electron chi connectivity index (χ3n) is 0.774. The van der Waals surface area contributed by atoms with Crippen molar-refractivity contribution in [2.24, 2.45) is 5.73 Å². The Morgan fingerprint density at radius 2 is 1.80 bits per heavy atom. The third kappa shape index (κ3) is 4.40. The van der Waals surface area contributed by atoms with E-state index in [1.54, 1.807) is 0 Å². The molecule has 6 heteroatoms. The van der Waals surface area contributed by atoms with Crippen LogP contribution in [0.1, 0.15) is 12.8 Å². The summed E-state index contributed by atoms with van der Waals surface area (Å²) in [6, 6.07) is 0. The van der Waals surface area contributed by atoms with E-state index in [0.717, 1.165) is 0 Å². The maximum atomic E-state index is 10.5. The number of primary amides is 1. The fourth-order valence-electron chi connectivity index (χ4n) is 0.315. The number of halogens is 2. The van der Waals surface area contributed by atoms with Crippen LogP contribution in [0.5, 0.6) is 0 Å². The maximum Gasteiger partial charge on any atom is 0.252 e. The highest BCUT2D eigenvalue weighted by Gasteiger charge is 2.08. The van der Waals surface area contributed by atoms with Gasteiger partial charge < -0.3 is 5.73 Å². The molecule has 10 heavy (non-hydrogen) atoms. The number of rotatable bonds is 3. The van der Waals surface area contributed by atoms with Crippen molar-refractivity contribution in [1.29, 1.82) is 0 Å². The summed E-state index contributed by atoms with van der Waals surface area (Å²) in [5.74, 6) is -1.09. The smallest absolute Gasteiger partial charge is 0.252 e. The standard InChI is InChI=1S/C4H6Cl2N2O2/c5-8(6)4(10)2-1-3(7)9/h1-2H2,(H2,7,9). The largest absolute Gasteiger partial charge is 0.370 e. The van der Waals surface area contributed by atoms with Crippen molar-refractivity contribution >= 4 is 35.4 Å². The molecular weight excluding hydrogens is 179 g/mol. The number of hydrogen-bond acceptors (Lipinski definition) is 2. The normalized spacial score (nSPS) is 9.00. The molecule has 58 valence electrons. The van der Waals surface area contributed by atoms with Gasteiger partial charge in [-0.15, -0.1) is 0 Å². The third-order valence-corrected chi connectivity index (χ3v) is 1.15. The van der Waals surface area contributed by atoms with Gasteiger partial charge in [-0.2, -0.15) is 3.94 Å². The lowest BCUT2D eigenvalue weighted by atomic mass is 10.3. The molecule has 0 heterocycles. The molecule has 0 aromatic carbocycles. The van der Waals surface area contributed by atoms with E-state index >= 15 is 0 Å². The second-order valence-electron chi connectivity index (χ2n) is 1.59. The lowest BCUT2D eigenvalue weighted by molar-refractivity contribution is -0.126. The number of nitrogens with zero attached hydrogens (tertiary/aromatic N) is 1. The molecular formula is C4H6Cl2N2O2. The van der Waals surface area contributed by atoms with E-state index in [4.69, 9.17) is 29.3 Å². The average Bonchev–Trinajstić information content (AvgIpc) is 1.82. The van der Waals surface area contributed by atoms with Crippen molar-refractivity contribution in [3.8, 4) is 0 Å². The Bertz CT molecular complexity index is 148. The first-order valence-corrected chi connectivity index (χ1v) is 3.14. The molecule has 0 unspecified atom stereocenters. The van der Waals surface area contributed by atoms with E-state index in [1.807, 2.05) is 0 Å². The molecule has 0 atom stereocenters. The zero-order valence-corrected chi connectivity index (χ0v) is 6.52. The number of amides is 2. The van der Waals surface area contributed by atoms with Crippen molar-refractivity contribution in [1.82, 2.24) is 3.94 Å². The molecule has 0 fully saturated rings. The van der Waals surface area contributed by atoms with Crippen LogP contribution in [0.2, 0.25) is 0 Å². The van der Waals surface area contributed by atoms with Crippen molar-refractivity contribution in [3.63, 3.8) is 0 Å². The maximum absolute atomic E-state index is 10.5. The van der Waals surface area contributed by atoms with Gasteiger partial charge in [-0.3, -0.25) is 9.59 Å². The molecule has 0 spiro atoms. The van der Waals surface area contributed by atoms with E-state index in [9.17, 15) is 9.59 Å². The highest BCUT2D eigenvalue weighted by molar-refractivity contribution is 6.41. The molecule has 0 saturated heterocycles. The van der Waals surface area contributed by atoms with E-state index in [-0.39, 0.29) is 12.8 Å². The van der Waals surface area contributed by atoms with Crippen molar-refractivity contribution in [3.05, 3.63) is 0 Å². The molecule has 0 bridgehead atoms. The molecule has 0 aromatic heterocycles. The molecule has 4 nitrogen and oxygen atoms in total. The Labute approximate surface area is 68.1 Å². The highest BCUT2D eigenvalue weighted by atomic mass is 35.5. The second kappa shape index (κ2) is 4.35. The zero-order valence-electron chi connectivity index (χ0n) is 5.01. The Morgan fingerprint density at radius 1 is 1.30 bits per heavy atom. The van der Waals surface area contributed by atoms with Crippen LogP contribution in [0.4, 0.5) is 0 Å². The fourth-order valence-corrected chi connectivity index (χ4v) is 0.484. The molecule has 2 amide bonds. The summed E-state index contributed by atoms with van der Waals surface area (Å²) in [4.78, 5) is 20.6. The summed E-state index contributed by atoms with van der Waals surface area (Å²) in [7, 11) is 0. The minimum atomic E-state index is -0.552. The van der Waals surface area contributed by atoms with Gasteiger partial charge >= 0.3 is 0 Å². The highest BCUT2D eigenvalue weighted by Crippen LogP contribution is 2.03. The summed E-state index contributed by atoms with van der Waals surface area (Å²) >= 11 is 10.0. The number of nitrogens with two attached hydrogens (primary N) is 1. The van der Waals surface area contributed by atoms with Gasteiger partial charge in [0.15, 0.2) is 0 Å². The molecule has 0 aliphatic carbocycles. The average molecular weight is 185 g/mol. The zero-order chi connectivity index (χ0) is 8.15. The first-order chi connectivity index (χ1) is 4.54. The first-order valence-electron chi connectivity index (χ1n) is 2.47. The lowest BCUT2D eigenvalue weighted by Crippen LogP contribution is -2.16. The summed E-state index contributed by atoms with van der Waals surface area (Å²) < 4.78 is 0.378. The van der Waals surface area contributed by atoms with E-state index < -0.39 is 11.8 Å². The molecule has 2 N–H and O–H groups in total. The van der Waals surface area contributed by atoms with Gasteiger partial charge in [-0.1, -0.05) is 0 Å². The molecule has 0 radical (unpaired) electrons. The van der Waals surface area contributed by atoms with Crippen LogP contribution in [0, 0.1) is 0 Å². The predicted octanol–water partition coefficient (Wildman–Crippen LogP) is 0.388. The Hall–Kier alpha value is -0.480. The van der Waals surface area contributed by atoms with Crippen molar-refractivity contribution < 1.29 is 9.59 Å². The number of carbonyl (C=O) groups is 2. The summed E-state index contributed by atoms with van der Waals surface area (Å²) in [5, 5.41) is 0. The van der Waals surface area contributed by atoms with Crippen LogP contribution in [-0.4, -0.2) is 15.8 Å². The van der Waals surface area contributed by atoms with Gasteiger partial charge in [0, 0.05) is 36.4 Å². The van der Waals surface area contributed by atoms with Gasteiger partial charge in [-0.05, 0) is 0 Å². The topological polar surface area (TPSA) is 63.4 Å². The lowest BCUT2D eigenvalue weighted by Gasteiger charge is -2.00. The molecule has 0 rings (SSSR count). The van der Waals surface area contributed by atoms with E-state index in [2.05, 4.69) is 0 Å². The van der Waals surface area contributed by atoms with Crippen LogP contribution in [0.25, 0.3) is 0 Å². The number of hydrogen-bond donors (Lipinski definition) is 1. The minimum Gasteiger partial charge on any atom is -0.370 e. The van der Waals surface area contributed by atoms with Crippen LogP contribution in [-0.2, 0) is 9.59 Å². The monoisotopic (exact) mass is 184 g/mol. The summed E-state index contributed by atoms with van der Waals surface area (Å²) in [6.07, 6.45) is -0.0862. The van der Waals surface area contributed by atoms with Crippen molar-refractivity contribution in [2.75, 3.05) is 0 Å². The Kier molecular flexibility index (Phi) is 4.14. The van der Waals surface area contributed by atoms with Gasteiger partial charge in [0.25, 0.3) is 5.91 Å². The van der Waals surface area contributed by atoms with E-state index in [0.29, 0.717) is 3.94 Å². The van der Waals surface area contributed by atoms with Crippen molar-refractivity contribution in [2.45, 2.75) is 12.8 Å². The molecule has 0 saturated carbocycles. The van der Waals surface area contributed by atoms with Crippen LogP contribution in [0.3, 0.4) is 0 Å². The van der Waals surface area contributed by atoms with Gasteiger partial charge in [0.1, 0.15) is 0 Å².